The molecule has 116 valence electrons. The molecule has 1 rings (SSSR count). The zero-order valence-electron chi connectivity index (χ0n) is 11.8. The van der Waals surface area contributed by atoms with Crippen LogP contribution in [-0.2, 0) is 19.6 Å². The highest BCUT2D eigenvalue weighted by Crippen LogP contribution is 2.24. The van der Waals surface area contributed by atoms with Crippen LogP contribution in [0, 0.1) is 5.92 Å². The minimum atomic E-state index is -3.36. The van der Waals surface area contributed by atoms with Gasteiger partial charge in [-0.3, -0.25) is 9.59 Å². The second kappa shape index (κ2) is 7.03. The Kier molecular flexibility index (Phi) is 5.94. The molecular formula is C12H22N2O5S. The second-order valence-electron chi connectivity index (χ2n) is 5.11. The first-order valence-corrected chi connectivity index (χ1v) is 8.33. The van der Waals surface area contributed by atoms with Crippen LogP contribution in [0.5, 0.6) is 0 Å². The molecule has 8 heteroatoms. The fourth-order valence-corrected chi connectivity index (χ4v) is 3.03. The molecule has 1 amide bonds. The summed E-state index contributed by atoms with van der Waals surface area (Å²) in [5.74, 6) is -1.50. The first-order chi connectivity index (χ1) is 9.26. The number of nitrogens with zero attached hydrogens (tertiary/aromatic N) is 1. The summed E-state index contributed by atoms with van der Waals surface area (Å²) in [4.78, 5) is 22.6. The van der Waals surface area contributed by atoms with E-state index >= 15 is 0 Å². The summed E-state index contributed by atoms with van der Waals surface area (Å²) < 4.78 is 24.1. The predicted molar refractivity (Wildman–Crippen MR) is 73.6 cm³/mol. The van der Waals surface area contributed by atoms with Crippen LogP contribution >= 0.6 is 0 Å². The number of carboxylic acids is 1. The Morgan fingerprint density at radius 1 is 1.25 bits per heavy atom. The van der Waals surface area contributed by atoms with E-state index in [0.29, 0.717) is 25.7 Å². The second-order valence-corrected chi connectivity index (χ2v) is 7.48. The molecule has 0 unspecified atom stereocenters. The Morgan fingerprint density at radius 3 is 2.25 bits per heavy atom. The summed E-state index contributed by atoms with van der Waals surface area (Å²) in [5, 5.41) is 11.6. The monoisotopic (exact) mass is 306 g/mol. The first kappa shape index (κ1) is 16.9. The van der Waals surface area contributed by atoms with Gasteiger partial charge >= 0.3 is 5.97 Å². The third-order valence-corrected chi connectivity index (χ3v) is 5.46. The van der Waals surface area contributed by atoms with E-state index in [9.17, 15) is 18.0 Å². The van der Waals surface area contributed by atoms with Gasteiger partial charge in [-0.15, -0.1) is 0 Å². The molecule has 7 nitrogen and oxygen atoms in total. The van der Waals surface area contributed by atoms with Crippen LogP contribution in [-0.4, -0.2) is 55.1 Å². The predicted octanol–water partition coefficient (Wildman–Crippen LogP) is 0.0275. The maximum absolute atomic E-state index is 11.8. The molecule has 0 atom stereocenters. The van der Waals surface area contributed by atoms with E-state index in [2.05, 4.69) is 5.32 Å². The maximum atomic E-state index is 11.8. The van der Waals surface area contributed by atoms with Gasteiger partial charge in [-0.1, -0.05) is 0 Å². The minimum absolute atomic E-state index is 0.0412. The zero-order chi connectivity index (χ0) is 15.3. The molecule has 0 aromatic heterocycles. The normalized spacial score (nSPS) is 23.6. The number of carbonyl (C=O) groups is 2. The lowest BCUT2D eigenvalue weighted by molar-refractivity contribution is -0.142. The Morgan fingerprint density at radius 2 is 1.80 bits per heavy atom. The third kappa shape index (κ3) is 4.75. The van der Waals surface area contributed by atoms with Crippen molar-refractivity contribution in [1.29, 1.82) is 0 Å². The van der Waals surface area contributed by atoms with Crippen molar-refractivity contribution in [3.8, 4) is 0 Å². The van der Waals surface area contributed by atoms with Gasteiger partial charge in [-0.2, -0.15) is 4.31 Å². The summed E-state index contributed by atoms with van der Waals surface area (Å²) in [6, 6.07) is -0.0594. The SMILES string of the molecule is CCS(=O)(=O)N(C)CC(=O)NC1CCC(C(=O)O)CC1. The van der Waals surface area contributed by atoms with Gasteiger partial charge in [0.2, 0.25) is 15.9 Å². The number of amides is 1. The van der Waals surface area contributed by atoms with Gasteiger partial charge in [0.15, 0.2) is 0 Å². The molecule has 0 saturated heterocycles. The summed E-state index contributed by atoms with van der Waals surface area (Å²) >= 11 is 0. The number of sulfonamides is 1. The summed E-state index contributed by atoms with van der Waals surface area (Å²) in [5.41, 5.74) is 0. The van der Waals surface area contributed by atoms with Crippen molar-refractivity contribution in [1.82, 2.24) is 9.62 Å². The molecule has 0 aromatic rings. The highest BCUT2D eigenvalue weighted by Gasteiger charge is 2.27. The molecule has 1 aliphatic carbocycles. The van der Waals surface area contributed by atoms with Crippen molar-refractivity contribution < 1.29 is 23.1 Å². The topological polar surface area (TPSA) is 104 Å². The molecular weight excluding hydrogens is 284 g/mol. The van der Waals surface area contributed by atoms with Gasteiger partial charge in [0.1, 0.15) is 0 Å². The number of rotatable bonds is 6. The van der Waals surface area contributed by atoms with Crippen LogP contribution in [0.15, 0.2) is 0 Å². The average molecular weight is 306 g/mol. The lowest BCUT2D eigenvalue weighted by Gasteiger charge is -2.27. The molecule has 0 radical (unpaired) electrons. The molecule has 1 aliphatic rings. The quantitative estimate of drug-likeness (QED) is 0.720. The molecule has 0 bridgehead atoms. The number of hydrogen-bond acceptors (Lipinski definition) is 4. The lowest BCUT2D eigenvalue weighted by atomic mass is 9.86. The summed E-state index contributed by atoms with van der Waals surface area (Å²) in [6.07, 6.45) is 2.33. The van der Waals surface area contributed by atoms with Crippen LogP contribution in [0.2, 0.25) is 0 Å². The molecule has 0 aromatic carbocycles. The largest absolute Gasteiger partial charge is 0.481 e. The third-order valence-electron chi connectivity index (χ3n) is 3.65. The molecule has 0 spiro atoms. The van der Waals surface area contributed by atoms with Crippen molar-refractivity contribution in [2.45, 2.75) is 38.6 Å². The van der Waals surface area contributed by atoms with E-state index in [0.717, 1.165) is 4.31 Å². The Bertz CT molecular complexity index is 454. The summed E-state index contributed by atoms with van der Waals surface area (Å²) in [7, 11) is -1.98. The fraction of sp³-hybridized carbons (Fsp3) is 0.833. The minimum Gasteiger partial charge on any atom is -0.481 e. The van der Waals surface area contributed by atoms with Crippen LogP contribution in [0.4, 0.5) is 0 Å². The van der Waals surface area contributed by atoms with E-state index in [-0.39, 0.29) is 30.2 Å². The zero-order valence-corrected chi connectivity index (χ0v) is 12.6. The summed E-state index contributed by atoms with van der Waals surface area (Å²) in [6.45, 7) is 1.33. The lowest BCUT2D eigenvalue weighted by Crippen LogP contribution is -2.44. The Hall–Kier alpha value is -1.15. The number of carbonyl (C=O) groups excluding carboxylic acids is 1. The first-order valence-electron chi connectivity index (χ1n) is 6.72. The van der Waals surface area contributed by atoms with Gasteiger partial charge in [0.05, 0.1) is 18.2 Å². The number of likely N-dealkylation sites (N-methyl/N-ethyl adjacent to an activating group) is 1. The number of carboxylic acid groups (broad SMARTS) is 1. The van der Waals surface area contributed by atoms with Crippen molar-refractivity contribution in [2.24, 2.45) is 5.92 Å². The van der Waals surface area contributed by atoms with Gasteiger partial charge in [0.25, 0.3) is 0 Å². The van der Waals surface area contributed by atoms with Crippen LogP contribution in [0.3, 0.4) is 0 Å². The number of aliphatic carboxylic acids is 1. The standard InChI is InChI=1S/C12H22N2O5S/c1-3-20(18,19)14(2)8-11(15)13-10-6-4-9(5-7-10)12(16)17/h9-10H,3-8H2,1-2H3,(H,13,15)(H,16,17). The van der Waals surface area contributed by atoms with Gasteiger partial charge in [-0.25, -0.2) is 8.42 Å². The average Bonchev–Trinajstić information content (AvgIpc) is 2.39. The highest BCUT2D eigenvalue weighted by atomic mass is 32.2. The maximum Gasteiger partial charge on any atom is 0.306 e. The van der Waals surface area contributed by atoms with Crippen molar-refractivity contribution in [2.75, 3.05) is 19.3 Å². The van der Waals surface area contributed by atoms with E-state index in [1.165, 1.54) is 14.0 Å². The van der Waals surface area contributed by atoms with Crippen molar-refractivity contribution in [3.63, 3.8) is 0 Å². The molecule has 20 heavy (non-hydrogen) atoms. The van der Waals surface area contributed by atoms with Crippen molar-refractivity contribution in [3.05, 3.63) is 0 Å². The van der Waals surface area contributed by atoms with E-state index < -0.39 is 16.0 Å². The Labute approximate surface area is 119 Å². The smallest absolute Gasteiger partial charge is 0.306 e. The highest BCUT2D eigenvalue weighted by molar-refractivity contribution is 7.89. The van der Waals surface area contributed by atoms with Crippen molar-refractivity contribution >= 4 is 21.9 Å². The van der Waals surface area contributed by atoms with Gasteiger partial charge in [-0.05, 0) is 32.6 Å². The number of nitrogens with one attached hydrogen (secondary N) is 1. The molecule has 2 N–H and O–H groups in total. The van der Waals surface area contributed by atoms with Crippen LogP contribution < -0.4 is 5.32 Å². The van der Waals surface area contributed by atoms with E-state index in [4.69, 9.17) is 5.11 Å². The van der Waals surface area contributed by atoms with Crippen LogP contribution in [0.25, 0.3) is 0 Å². The van der Waals surface area contributed by atoms with Gasteiger partial charge < -0.3 is 10.4 Å². The molecule has 0 heterocycles. The molecule has 1 saturated carbocycles. The van der Waals surface area contributed by atoms with Gasteiger partial charge in [0, 0.05) is 13.1 Å². The fourth-order valence-electron chi connectivity index (χ4n) is 2.28. The Balaban J connectivity index is 2.39. The molecule has 0 aliphatic heterocycles. The number of hydrogen-bond donors (Lipinski definition) is 2. The molecule has 1 fully saturated rings. The van der Waals surface area contributed by atoms with E-state index in [1.807, 2.05) is 0 Å². The van der Waals surface area contributed by atoms with E-state index in [1.54, 1.807) is 0 Å². The van der Waals surface area contributed by atoms with Crippen LogP contribution in [0.1, 0.15) is 32.6 Å².